The van der Waals surface area contributed by atoms with Gasteiger partial charge >= 0.3 is 0 Å². The molecule has 152 valence electrons. The molecule has 7 nitrogen and oxygen atoms in total. The second-order valence-electron chi connectivity index (χ2n) is 6.63. The number of nitrogens with one attached hydrogen (secondary N) is 2. The molecule has 0 unspecified atom stereocenters. The van der Waals surface area contributed by atoms with Crippen molar-refractivity contribution >= 4 is 21.5 Å². The van der Waals surface area contributed by atoms with E-state index >= 15 is 0 Å². The maximum absolute atomic E-state index is 13.4. The van der Waals surface area contributed by atoms with Crippen molar-refractivity contribution in [3.8, 4) is 0 Å². The fourth-order valence-corrected chi connectivity index (χ4v) is 3.32. The molecule has 0 bridgehead atoms. The summed E-state index contributed by atoms with van der Waals surface area (Å²) in [6, 6.07) is 6.99. The van der Waals surface area contributed by atoms with Gasteiger partial charge in [-0.25, -0.2) is 12.8 Å². The number of nitrogens with zero attached hydrogens (tertiary/aromatic N) is 2. The van der Waals surface area contributed by atoms with Gasteiger partial charge in [0.2, 0.25) is 0 Å². The number of hydrogen-bond donors (Lipinski definition) is 2. The molecule has 0 radical (unpaired) electrons. The Morgan fingerprint density at radius 3 is 2.70 bits per heavy atom. The Balaban J connectivity index is 1.66. The second-order valence-corrected chi connectivity index (χ2v) is 8.89. The van der Waals surface area contributed by atoms with Crippen molar-refractivity contribution in [2.45, 2.75) is 18.9 Å². The number of hydrogen-bond acceptors (Lipinski definition) is 5. The van der Waals surface area contributed by atoms with Crippen molar-refractivity contribution in [3.05, 3.63) is 30.1 Å². The highest BCUT2D eigenvalue weighted by Gasteiger charge is 2.20. The second kappa shape index (κ2) is 10.5. The minimum absolute atomic E-state index is 0.0316. The first-order chi connectivity index (χ1) is 12.9. The van der Waals surface area contributed by atoms with Crippen molar-refractivity contribution in [1.82, 2.24) is 10.6 Å². The highest BCUT2D eigenvalue weighted by Crippen LogP contribution is 2.20. The van der Waals surface area contributed by atoms with Gasteiger partial charge in [0, 0.05) is 44.7 Å². The van der Waals surface area contributed by atoms with Crippen LogP contribution >= 0.6 is 0 Å². The molecule has 1 aliphatic heterocycles. The van der Waals surface area contributed by atoms with E-state index in [0.717, 1.165) is 31.6 Å². The predicted molar refractivity (Wildman–Crippen MR) is 107 cm³/mol. The number of benzene rings is 1. The number of sulfone groups is 1. The molecule has 2 rings (SSSR count). The lowest BCUT2D eigenvalue weighted by atomic mass is 10.0. The van der Waals surface area contributed by atoms with Gasteiger partial charge in [0.05, 0.1) is 19.0 Å². The molecule has 9 heteroatoms. The first-order valence-electron chi connectivity index (χ1n) is 9.10. The van der Waals surface area contributed by atoms with E-state index in [1.54, 1.807) is 19.2 Å². The van der Waals surface area contributed by atoms with Crippen LogP contribution in [-0.2, 0) is 14.6 Å². The molecule has 27 heavy (non-hydrogen) atoms. The molecule has 1 heterocycles. The molecule has 0 atom stereocenters. The van der Waals surface area contributed by atoms with Crippen LogP contribution in [0.1, 0.15) is 12.8 Å². The summed E-state index contributed by atoms with van der Waals surface area (Å²) in [6.45, 7) is 2.87. The number of guanidine groups is 1. The highest BCUT2D eigenvalue weighted by atomic mass is 32.2. The normalized spacial score (nSPS) is 16.4. The SMILES string of the molecule is CN=C(NCCOCCS(C)(=O)=O)NC1CCN(c2cccc(F)c2)CC1. The molecule has 2 N–H and O–H groups in total. The monoisotopic (exact) mass is 400 g/mol. The summed E-state index contributed by atoms with van der Waals surface area (Å²) in [5, 5.41) is 6.56. The smallest absolute Gasteiger partial charge is 0.191 e. The van der Waals surface area contributed by atoms with Gasteiger partial charge in [-0.05, 0) is 31.0 Å². The third kappa shape index (κ3) is 8.13. The van der Waals surface area contributed by atoms with Crippen LogP contribution in [0.5, 0.6) is 0 Å². The van der Waals surface area contributed by atoms with Crippen LogP contribution in [0.2, 0.25) is 0 Å². The minimum atomic E-state index is -2.98. The zero-order valence-electron chi connectivity index (χ0n) is 15.9. The van der Waals surface area contributed by atoms with E-state index < -0.39 is 9.84 Å². The molecule has 1 aliphatic rings. The zero-order chi connectivity index (χ0) is 19.7. The van der Waals surface area contributed by atoms with E-state index in [0.29, 0.717) is 25.2 Å². The summed E-state index contributed by atoms with van der Waals surface area (Å²) in [5.74, 6) is 0.520. The lowest BCUT2D eigenvalue weighted by Gasteiger charge is -2.34. The topological polar surface area (TPSA) is 83.0 Å². The molecule has 0 aliphatic carbocycles. The van der Waals surface area contributed by atoms with Gasteiger partial charge in [-0.2, -0.15) is 0 Å². The molecule has 1 aromatic rings. The molecule has 1 saturated heterocycles. The van der Waals surface area contributed by atoms with E-state index in [9.17, 15) is 12.8 Å². The van der Waals surface area contributed by atoms with Crippen LogP contribution < -0.4 is 15.5 Å². The predicted octanol–water partition coefficient (Wildman–Crippen LogP) is 1.02. The maximum Gasteiger partial charge on any atom is 0.191 e. The fourth-order valence-electron chi connectivity index (χ4n) is 2.90. The van der Waals surface area contributed by atoms with Gasteiger partial charge in [0.1, 0.15) is 15.7 Å². The van der Waals surface area contributed by atoms with Gasteiger partial charge in [0.25, 0.3) is 0 Å². The zero-order valence-corrected chi connectivity index (χ0v) is 16.8. The lowest BCUT2D eigenvalue weighted by molar-refractivity contribution is 0.154. The van der Waals surface area contributed by atoms with Crippen LogP contribution in [0.25, 0.3) is 0 Å². The Labute approximate surface area is 160 Å². The third-order valence-electron chi connectivity index (χ3n) is 4.37. The van der Waals surface area contributed by atoms with Gasteiger partial charge < -0.3 is 20.3 Å². The van der Waals surface area contributed by atoms with Crippen molar-refractivity contribution in [2.24, 2.45) is 4.99 Å². The van der Waals surface area contributed by atoms with Crippen LogP contribution in [0.4, 0.5) is 10.1 Å². The Kier molecular flexibility index (Phi) is 8.30. The molecular weight excluding hydrogens is 371 g/mol. The molecule has 1 fully saturated rings. The molecule has 0 amide bonds. The largest absolute Gasteiger partial charge is 0.379 e. The maximum atomic E-state index is 13.4. The number of halogens is 1. The Morgan fingerprint density at radius 2 is 2.07 bits per heavy atom. The lowest BCUT2D eigenvalue weighted by Crippen LogP contribution is -2.49. The Bertz CT molecular complexity index is 719. The van der Waals surface area contributed by atoms with Crippen LogP contribution in [0, 0.1) is 5.82 Å². The third-order valence-corrected chi connectivity index (χ3v) is 5.28. The van der Waals surface area contributed by atoms with Gasteiger partial charge in [0.15, 0.2) is 5.96 Å². The summed E-state index contributed by atoms with van der Waals surface area (Å²) in [7, 11) is -1.27. The molecule has 1 aromatic carbocycles. The van der Waals surface area contributed by atoms with Crippen LogP contribution in [0.15, 0.2) is 29.3 Å². The molecule has 0 saturated carbocycles. The number of aliphatic imine (C=N–C) groups is 1. The van der Waals surface area contributed by atoms with Gasteiger partial charge in [-0.1, -0.05) is 6.07 Å². The molecule has 0 spiro atoms. The molecular formula is C18H29FN4O3S. The average Bonchev–Trinajstić information content (AvgIpc) is 2.63. The van der Waals surface area contributed by atoms with E-state index in [4.69, 9.17) is 4.74 Å². The molecule has 0 aromatic heterocycles. The highest BCUT2D eigenvalue weighted by molar-refractivity contribution is 7.90. The number of anilines is 1. The summed E-state index contributed by atoms with van der Waals surface area (Å²) < 4.78 is 40.7. The van der Waals surface area contributed by atoms with Crippen molar-refractivity contribution in [1.29, 1.82) is 0 Å². The Hall–Kier alpha value is -1.87. The van der Waals surface area contributed by atoms with Crippen molar-refractivity contribution in [2.75, 3.05) is 56.8 Å². The summed E-state index contributed by atoms with van der Waals surface area (Å²) in [5.41, 5.74) is 0.919. The van der Waals surface area contributed by atoms with Crippen molar-refractivity contribution in [3.63, 3.8) is 0 Å². The summed E-state index contributed by atoms with van der Waals surface area (Å²) in [4.78, 5) is 6.40. The minimum Gasteiger partial charge on any atom is -0.379 e. The van der Waals surface area contributed by atoms with Crippen LogP contribution in [0.3, 0.4) is 0 Å². The fraction of sp³-hybridized carbons (Fsp3) is 0.611. The number of piperidine rings is 1. The van der Waals surface area contributed by atoms with Gasteiger partial charge in [-0.3, -0.25) is 4.99 Å². The summed E-state index contributed by atoms with van der Waals surface area (Å²) in [6.07, 6.45) is 3.06. The Morgan fingerprint density at radius 1 is 1.33 bits per heavy atom. The van der Waals surface area contributed by atoms with Crippen LogP contribution in [-0.4, -0.2) is 72.3 Å². The van der Waals surface area contributed by atoms with Gasteiger partial charge in [-0.15, -0.1) is 0 Å². The van der Waals surface area contributed by atoms with Crippen molar-refractivity contribution < 1.29 is 17.5 Å². The number of rotatable bonds is 8. The summed E-state index contributed by atoms with van der Waals surface area (Å²) >= 11 is 0. The van der Waals surface area contributed by atoms with E-state index in [-0.39, 0.29) is 18.2 Å². The van der Waals surface area contributed by atoms with E-state index in [2.05, 4.69) is 20.5 Å². The average molecular weight is 401 g/mol. The van der Waals surface area contributed by atoms with E-state index in [1.165, 1.54) is 12.3 Å². The quantitative estimate of drug-likeness (QED) is 0.385. The number of ether oxygens (including phenoxy) is 1. The first-order valence-corrected chi connectivity index (χ1v) is 11.2. The standard InChI is InChI=1S/C18H29FN4O3S/c1-20-18(21-8-11-26-12-13-27(2,24)25)22-16-6-9-23(10-7-16)17-5-3-4-15(19)14-17/h3-5,14,16H,6-13H2,1-2H3,(H2,20,21,22). The van der Waals surface area contributed by atoms with E-state index in [1.807, 2.05) is 6.07 Å². The first kappa shape index (κ1) is 21.4.